The van der Waals surface area contributed by atoms with Crippen LogP contribution in [-0.2, 0) is 47.1 Å². The number of amides is 5. The lowest BCUT2D eigenvalue weighted by molar-refractivity contribution is -0.261. The summed E-state index contributed by atoms with van der Waals surface area (Å²) in [5, 5.41) is 28.0. The highest BCUT2D eigenvalue weighted by Gasteiger charge is 2.50. The van der Waals surface area contributed by atoms with Crippen molar-refractivity contribution in [3.63, 3.8) is 0 Å². The van der Waals surface area contributed by atoms with Crippen molar-refractivity contribution >= 4 is 37.4 Å². The number of aliphatic hydroxyl groups excluding tert-OH is 2. The average Bonchev–Trinajstić information content (AvgIpc) is 3.10. The maximum atomic E-state index is 13.0. The van der Waals surface area contributed by atoms with Crippen molar-refractivity contribution in [2.75, 3.05) is 13.2 Å². The topological polar surface area (TPSA) is 288 Å². The molecule has 54 heavy (non-hydrogen) atoms. The Bertz CT molecular complexity index is 1200. The molecule has 0 aromatic carbocycles. The smallest absolute Gasteiger partial charge is 0.394 e. The normalized spacial score (nSPS) is 22.7. The molecule has 9 atom stereocenters. The van der Waals surface area contributed by atoms with Gasteiger partial charge in [0.1, 0.15) is 42.5 Å². The molecule has 1 aliphatic heterocycles. The molecule has 1 rings (SSSR count). The van der Waals surface area contributed by atoms with Gasteiger partial charge in [0, 0.05) is 13.3 Å². The Morgan fingerprint density at radius 2 is 1.39 bits per heavy atom. The molecule has 0 spiro atoms. The molecule has 0 radical (unpaired) electrons. The second kappa shape index (κ2) is 27.0. The number of primary amides is 2. The van der Waals surface area contributed by atoms with E-state index in [0.29, 0.717) is 6.42 Å². The molecule has 0 aromatic rings. The molecule has 0 aliphatic carbocycles. The van der Waals surface area contributed by atoms with E-state index >= 15 is 0 Å². The summed E-state index contributed by atoms with van der Waals surface area (Å²) in [4.78, 5) is 71.1. The Hall–Kier alpha value is -2.70. The van der Waals surface area contributed by atoms with Gasteiger partial charge in [0.2, 0.25) is 29.5 Å². The number of hydrogen-bond donors (Lipinski definition) is 8. The first-order valence-corrected chi connectivity index (χ1v) is 20.7. The summed E-state index contributed by atoms with van der Waals surface area (Å²) >= 11 is 0. The number of phosphoric ester groups is 1. The van der Waals surface area contributed by atoms with E-state index in [0.717, 1.165) is 32.6 Å². The summed E-state index contributed by atoms with van der Waals surface area (Å²) in [5.74, 6) is -3.97. The second-order valence-corrected chi connectivity index (χ2v) is 15.3. The fourth-order valence-electron chi connectivity index (χ4n) is 5.91. The van der Waals surface area contributed by atoms with Gasteiger partial charge in [-0.3, -0.25) is 33.0 Å². The van der Waals surface area contributed by atoms with Gasteiger partial charge < -0.3 is 52.0 Å². The van der Waals surface area contributed by atoms with Crippen LogP contribution >= 0.6 is 7.82 Å². The molecule has 1 aliphatic rings. The third-order valence-electron chi connectivity index (χ3n) is 9.03. The summed E-state index contributed by atoms with van der Waals surface area (Å²) < 4.78 is 34.7. The molecule has 19 heteroatoms. The lowest BCUT2D eigenvalue weighted by atomic mass is 9.96. The van der Waals surface area contributed by atoms with Crippen molar-refractivity contribution in [1.82, 2.24) is 16.0 Å². The first-order valence-electron chi connectivity index (χ1n) is 19.2. The molecule has 314 valence electrons. The molecule has 1 saturated heterocycles. The van der Waals surface area contributed by atoms with Crippen LogP contribution < -0.4 is 27.4 Å². The maximum Gasteiger partial charge on any atom is 0.474 e. The molecule has 0 bridgehead atoms. The zero-order valence-corrected chi connectivity index (χ0v) is 33.3. The third-order valence-corrected chi connectivity index (χ3v) is 10.0. The van der Waals surface area contributed by atoms with Crippen LogP contribution in [0.15, 0.2) is 0 Å². The summed E-state index contributed by atoms with van der Waals surface area (Å²) in [5.41, 5.74) is 10.4. The molecule has 0 aromatic heterocycles. The number of hydrogen-bond acceptors (Lipinski definition) is 12. The van der Waals surface area contributed by atoms with Crippen LogP contribution in [0, 0.1) is 0 Å². The van der Waals surface area contributed by atoms with Gasteiger partial charge in [0.25, 0.3) is 0 Å². The van der Waals surface area contributed by atoms with E-state index in [1.807, 2.05) is 0 Å². The number of aliphatic hydroxyl groups is 2. The largest absolute Gasteiger partial charge is 0.474 e. The molecule has 10 N–H and O–H groups in total. The number of rotatable bonds is 30. The number of ether oxygens (including phenoxy) is 2. The molecule has 0 saturated carbocycles. The first kappa shape index (κ1) is 49.3. The summed E-state index contributed by atoms with van der Waals surface area (Å²) in [6.07, 6.45) is 7.73. The summed E-state index contributed by atoms with van der Waals surface area (Å²) in [7, 11) is -4.80. The number of nitrogens with two attached hydrogens (primary N) is 2. The average molecular weight is 796 g/mol. The summed E-state index contributed by atoms with van der Waals surface area (Å²) in [6, 6.07) is -3.93. The molecular formula is C35H66N5O13P. The van der Waals surface area contributed by atoms with Gasteiger partial charge in [0.15, 0.2) is 6.29 Å². The number of phosphoric acid groups is 1. The Morgan fingerprint density at radius 1 is 0.852 bits per heavy atom. The zero-order valence-electron chi connectivity index (χ0n) is 32.4. The fourth-order valence-corrected chi connectivity index (χ4v) is 6.77. The van der Waals surface area contributed by atoms with E-state index in [-0.39, 0.29) is 19.4 Å². The molecular weight excluding hydrogens is 729 g/mol. The van der Waals surface area contributed by atoms with Crippen LogP contribution in [0.4, 0.5) is 0 Å². The van der Waals surface area contributed by atoms with E-state index in [1.54, 1.807) is 0 Å². The minimum atomic E-state index is -4.80. The van der Waals surface area contributed by atoms with Crippen molar-refractivity contribution in [2.24, 2.45) is 11.5 Å². The van der Waals surface area contributed by atoms with Gasteiger partial charge in [0.05, 0.1) is 13.2 Å². The van der Waals surface area contributed by atoms with Gasteiger partial charge in [-0.2, -0.15) is 0 Å². The highest BCUT2D eigenvalue weighted by atomic mass is 31.2. The number of carbonyl (C=O) groups is 5. The van der Waals surface area contributed by atoms with Crippen LogP contribution in [0.3, 0.4) is 0 Å². The molecule has 18 nitrogen and oxygen atoms in total. The highest BCUT2D eigenvalue weighted by molar-refractivity contribution is 7.47. The highest BCUT2D eigenvalue weighted by Crippen LogP contribution is 2.47. The van der Waals surface area contributed by atoms with Crippen LogP contribution in [0.2, 0.25) is 0 Å². The van der Waals surface area contributed by atoms with Crippen LogP contribution in [0.25, 0.3) is 0 Å². The van der Waals surface area contributed by atoms with Crippen LogP contribution in [0.5, 0.6) is 0 Å². The predicted octanol–water partition coefficient (Wildman–Crippen LogP) is 1.70. The van der Waals surface area contributed by atoms with Crippen molar-refractivity contribution in [3.8, 4) is 0 Å². The first-order chi connectivity index (χ1) is 25.5. The monoisotopic (exact) mass is 795 g/mol. The van der Waals surface area contributed by atoms with Crippen molar-refractivity contribution in [1.29, 1.82) is 0 Å². The molecule has 1 heterocycles. The lowest BCUT2D eigenvalue weighted by Gasteiger charge is -2.44. The Morgan fingerprint density at radius 3 is 1.87 bits per heavy atom. The minimum Gasteiger partial charge on any atom is -0.394 e. The van der Waals surface area contributed by atoms with E-state index in [4.69, 9.17) is 30.0 Å². The summed E-state index contributed by atoms with van der Waals surface area (Å²) in [6.45, 7) is 5.03. The Balaban J connectivity index is 2.71. The number of carbonyl (C=O) groups excluding carboxylic acids is 5. The van der Waals surface area contributed by atoms with E-state index < -0.39 is 92.8 Å². The van der Waals surface area contributed by atoms with Gasteiger partial charge in [-0.25, -0.2) is 4.57 Å². The number of nitrogens with one attached hydrogen (secondary N) is 3. The molecule has 1 fully saturated rings. The van der Waals surface area contributed by atoms with Gasteiger partial charge in [-0.1, -0.05) is 90.4 Å². The standard InChI is InChI=1S/C35H66N5O13P/c1-5-6-7-8-9-10-11-12-13-14-15-16-17-18-21-50-54(48,49)53-35-29(39-25(4)42)31(30(44)27(22-41)52-35)51-24(3)34(47)38-23(2)33(46)40-26(32(37)45)19-20-28(36)43/h23-24,26-27,29-31,35,41,44H,5-22H2,1-4H3,(H2,36,43)(H2,37,45)(H,38,47)(H,39,42)(H,40,46)(H,48,49)/t23-,24+,26+,27+,29+,30+,31+,35+/m0/s1. The Kier molecular flexibility index (Phi) is 24.7. The quantitative estimate of drug-likeness (QED) is 0.0380. The number of unbranched alkanes of at least 4 members (excludes halogenated alkanes) is 13. The van der Waals surface area contributed by atoms with Gasteiger partial charge >= 0.3 is 7.82 Å². The molecule has 5 amide bonds. The van der Waals surface area contributed by atoms with Crippen molar-refractivity contribution in [2.45, 2.75) is 179 Å². The SMILES string of the molecule is CCCCCCCCCCCCCCCCOP(=O)(O)O[C@H]1O[C@H](CO)[C@@H](O)[C@H](O[C@H](C)C(=O)N[C@@H](C)C(=O)N[C@H](CCC(N)=O)C(N)=O)[C@H]1NC(C)=O. The van der Waals surface area contributed by atoms with Crippen LogP contribution in [0.1, 0.15) is 130 Å². The lowest BCUT2D eigenvalue weighted by Crippen LogP contribution is -2.66. The van der Waals surface area contributed by atoms with Crippen molar-refractivity contribution < 1.29 is 62.2 Å². The van der Waals surface area contributed by atoms with E-state index in [9.17, 15) is 43.6 Å². The van der Waals surface area contributed by atoms with E-state index in [2.05, 4.69) is 22.9 Å². The molecule has 1 unspecified atom stereocenters. The Labute approximate surface area is 319 Å². The van der Waals surface area contributed by atoms with Crippen molar-refractivity contribution in [3.05, 3.63) is 0 Å². The zero-order chi connectivity index (χ0) is 40.7. The maximum absolute atomic E-state index is 13.0. The third kappa shape index (κ3) is 20.3. The second-order valence-electron chi connectivity index (χ2n) is 13.9. The van der Waals surface area contributed by atoms with Crippen LogP contribution in [-0.4, -0.2) is 107 Å². The van der Waals surface area contributed by atoms with E-state index in [1.165, 1.54) is 71.6 Å². The minimum absolute atomic E-state index is 0.0936. The fraction of sp³-hybridized carbons (Fsp3) is 0.857. The predicted molar refractivity (Wildman–Crippen MR) is 198 cm³/mol. The van der Waals surface area contributed by atoms with Gasteiger partial charge in [-0.05, 0) is 26.7 Å². The van der Waals surface area contributed by atoms with Gasteiger partial charge in [-0.15, -0.1) is 0 Å².